The molecule has 0 atom stereocenters. The van der Waals surface area contributed by atoms with Gasteiger partial charge in [-0.25, -0.2) is 8.78 Å². The summed E-state index contributed by atoms with van der Waals surface area (Å²) in [5.74, 6) is -0.214. The number of nitrogens with zero attached hydrogens (tertiary/aromatic N) is 1. The van der Waals surface area contributed by atoms with Crippen LogP contribution in [0.4, 0.5) is 8.78 Å². The third-order valence-corrected chi connectivity index (χ3v) is 4.56. The van der Waals surface area contributed by atoms with E-state index in [1.54, 1.807) is 0 Å². The Hall–Kier alpha value is -0.710. The molecule has 1 N–H and O–H groups in total. The zero-order chi connectivity index (χ0) is 13.8. The van der Waals surface area contributed by atoms with E-state index >= 15 is 0 Å². The zero-order valence-corrected chi connectivity index (χ0v) is 11.6. The van der Waals surface area contributed by atoms with Gasteiger partial charge in [0.25, 0.3) is 0 Å². The first-order valence-electron chi connectivity index (χ1n) is 7.33. The Morgan fingerprint density at radius 3 is 2.21 bits per heavy atom. The number of alkyl halides is 2. The number of rotatable bonds is 3. The zero-order valence-electron chi connectivity index (χ0n) is 11.6. The minimum atomic E-state index is -2.20. The summed E-state index contributed by atoms with van der Waals surface area (Å²) in [7, 11) is 2.07. The number of hydrogen-bond acceptors (Lipinski definition) is 2. The molecule has 1 heterocycles. The normalized spacial score (nSPS) is 30.5. The Morgan fingerprint density at radius 2 is 1.68 bits per heavy atom. The second-order valence-electron chi connectivity index (χ2n) is 6.03. The van der Waals surface area contributed by atoms with Crippen LogP contribution in [-0.4, -0.2) is 43.4 Å². The van der Waals surface area contributed by atoms with Crippen molar-refractivity contribution in [3.63, 3.8) is 0 Å². The Kier molecular flexibility index (Phi) is 5.13. The van der Waals surface area contributed by atoms with Gasteiger partial charge in [-0.2, -0.15) is 0 Å². The van der Waals surface area contributed by atoms with Crippen LogP contribution in [0.2, 0.25) is 0 Å². The molecule has 5 heteroatoms. The maximum Gasteiger partial charge on any atom is 0.241 e. The first-order valence-corrected chi connectivity index (χ1v) is 7.33. The predicted molar refractivity (Wildman–Crippen MR) is 70.1 cm³/mol. The van der Waals surface area contributed by atoms with Crippen molar-refractivity contribution in [1.29, 1.82) is 0 Å². The van der Waals surface area contributed by atoms with E-state index in [-0.39, 0.29) is 17.9 Å². The molecular weight excluding hydrogens is 250 g/mol. The summed E-state index contributed by atoms with van der Waals surface area (Å²) in [6, 6.07) is 0.113. The fourth-order valence-electron chi connectivity index (χ4n) is 3.11. The molecule has 1 aliphatic heterocycles. The number of piperidine rings is 1. The highest BCUT2D eigenvalue weighted by molar-refractivity contribution is 5.79. The fraction of sp³-hybridized carbons (Fsp3) is 0.929. The van der Waals surface area contributed by atoms with Gasteiger partial charge < -0.3 is 10.2 Å². The molecule has 1 amide bonds. The first kappa shape index (κ1) is 14.7. The molecule has 2 rings (SSSR count). The Balaban J connectivity index is 1.72. The molecule has 0 spiro atoms. The second kappa shape index (κ2) is 6.64. The van der Waals surface area contributed by atoms with E-state index in [0.29, 0.717) is 25.7 Å². The van der Waals surface area contributed by atoms with Gasteiger partial charge in [-0.3, -0.25) is 4.79 Å². The number of carbonyl (C=O) groups is 1. The molecule has 110 valence electrons. The van der Waals surface area contributed by atoms with Crippen LogP contribution in [0, 0.1) is 11.8 Å². The Bertz CT molecular complexity index is 296. The highest BCUT2D eigenvalue weighted by Gasteiger charge is 2.30. The Morgan fingerprint density at radius 1 is 1.11 bits per heavy atom. The van der Waals surface area contributed by atoms with Crippen molar-refractivity contribution in [1.82, 2.24) is 10.2 Å². The molecule has 1 saturated carbocycles. The van der Waals surface area contributed by atoms with Gasteiger partial charge >= 0.3 is 0 Å². The topological polar surface area (TPSA) is 32.3 Å². The number of likely N-dealkylation sites (tertiary alicyclic amines) is 1. The summed E-state index contributed by atoms with van der Waals surface area (Å²) < 4.78 is 25.1. The summed E-state index contributed by atoms with van der Waals surface area (Å²) in [5.41, 5.74) is 0. The van der Waals surface area contributed by atoms with Crippen LogP contribution >= 0.6 is 0 Å². The number of carbonyl (C=O) groups excluding carboxylic acids is 1. The molecule has 2 fully saturated rings. The SMILES string of the molecule is CN1CCC(C(=O)NC2CCC(C(F)F)CC2)CC1. The molecule has 0 aromatic heterocycles. The van der Waals surface area contributed by atoms with Crippen LogP contribution in [0.1, 0.15) is 38.5 Å². The molecule has 1 saturated heterocycles. The average molecular weight is 274 g/mol. The predicted octanol–water partition coefficient (Wildman–Crippen LogP) is 2.27. The molecular formula is C14H24F2N2O. The summed E-state index contributed by atoms with van der Waals surface area (Å²) in [6.07, 6.45) is 2.10. The summed E-state index contributed by atoms with van der Waals surface area (Å²) >= 11 is 0. The summed E-state index contributed by atoms with van der Waals surface area (Å²) in [4.78, 5) is 14.3. The number of nitrogens with one attached hydrogen (secondary N) is 1. The van der Waals surface area contributed by atoms with Gasteiger partial charge in [0.2, 0.25) is 12.3 Å². The molecule has 1 aliphatic carbocycles. The van der Waals surface area contributed by atoms with Crippen molar-refractivity contribution < 1.29 is 13.6 Å². The standard InChI is InChI=1S/C14H24F2N2O/c1-18-8-6-11(7-9-18)14(19)17-12-4-2-10(3-5-12)13(15)16/h10-13H,2-9H2,1H3,(H,17,19). The van der Waals surface area contributed by atoms with Crippen LogP contribution in [0.15, 0.2) is 0 Å². The van der Waals surface area contributed by atoms with E-state index in [9.17, 15) is 13.6 Å². The van der Waals surface area contributed by atoms with Gasteiger partial charge in [-0.15, -0.1) is 0 Å². The molecule has 0 bridgehead atoms. The van der Waals surface area contributed by atoms with Crippen LogP contribution in [0.5, 0.6) is 0 Å². The van der Waals surface area contributed by atoms with Crippen molar-refractivity contribution in [3.8, 4) is 0 Å². The third-order valence-electron chi connectivity index (χ3n) is 4.56. The smallest absolute Gasteiger partial charge is 0.241 e. The fourth-order valence-corrected chi connectivity index (χ4v) is 3.11. The second-order valence-corrected chi connectivity index (χ2v) is 6.03. The monoisotopic (exact) mass is 274 g/mol. The molecule has 2 aliphatic rings. The Labute approximate surface area is 113 Å². The molecule has 19 heavy (non-hydrogen) atoms. The number of hydrogen-bond donors (Lipinski definition) is 1. The highest BCUT2D eigenvalue weighted by Crippen LogP contribution is 2.29. The summed E-state index contributed by atoms with van der Waals surface area (Å²) in [6.45, 7) is 1.94. The maximum atomic E-state index is 12.5. The van der Waals surface area contributed by atoms with Crippen LogP contribution < -0.4 is 5.32 Å². The van der Waals surface area contributed by atoms with Crippen molar-refractivity contribution in [2.75, 3.05) is 20.1 Å². The lowest BCUT2D eigenvalue weighted by Crippen LogP contribution is -2.44. The van der Waals surface area contributed by atoms with Gasteiger partial charge in [0.15, 0.2) is 0 Å². The van der Waals surface area contributed by atoms with Crippen LogP contribution in [-0.2, 0) is 4.79 Å². The van der Waals surface area contributed by atoms with Gasteiger partial charge in [0.05, 0.1) is 0 Å². The van der Waals surface area contributed by atoms with Crippen molar-refractivity contribution in [2.24, 2.45) is 11.8 Å². The van der Waals surface area contributed by atoms with Crippen molar-refractivity contribution >= 4 is 5.91 Å². The van der Waals surface area contributed by atoms with Crippen LogP contribution in [0.25, 0.3) is 0 Å². The van der Waals surface area contributed by atoms with Gasteiger partial charge in [-0.1, -0.05) is 0 Å². The molecule has 0 unspecified atom stereocenters. The van der Waals surface area contributed by atoms with E-state index in [4.69, 9.17) is 0 Å². The van der Waals surface area contributed by atoms with E-state index in [1.807, 2.05) is 0 Å². The third kappa shape index (κ3) is 4.13. The van der Waals surface area contributed by atoms with Crippen molar-refractivity contribution in [2.45, 2.75) is 51.0 Å². The maximum absolute atomic E-state index is 12.5. The highest BCUT2D eigenvalue weighted by atomic mass is 19.3. The minimum Gasteiger partial charge on any atom is -0.353 e. The molecule has 0 radical (unpaired) electrons. The van der Waals surface area contributed by atoms with E-state index in [0.717, 1.165) is 25.9 Å². The minimum absolute atomic E-state index is 0.113. The van der Waals surface area contributed by atoms with Crippen molar-refractivity contribution in [3.05, 3.63) is 0 Å². The number of amides is 1. The van der Waals surface area contributed by atoms with Crippen LogP contribution in [0.3, 0.4) is 0 Å². The first-order chi connectivity index (χ1) is 9.06. The van der Waals surface area contributed by atoms with Gasteiger partial charge in [0, 0.05) is 17.9 Å². The van der Waals surface area contributed by atoms with Gasteiger partial charge in [0.1, 0.15) is 0 Å². The number of halogens is 2. The quantitative estimate of drug-likeness (QED) is 0.856. The van der Waals surface area contributed by atoms with E-state index < -0.39 is 12.3 Å². The molecule has 0 aromatic rings. The largest absolute Gasteiger partial charge is 0.353 e. The summed E-state index contributed by atoms with van der Waals surface area (Å²) in [5, 5.41) is 3.06. The van der Waals surface area contributed by atoms with E-state index in [1.165, 1.54) is 0 Å². The lowest BCUT2D eigenvalue weighted by atomic mass is 9.85. The lowest BCUT2D eigenvalue weighted by molar-refractivity contribution is -0.127. The average Bonchev–Trinajstić information content (AvgIpc) is 2.40. The van der Waals surface area contributed by atoms with Gasteiger partial charge in [-0.05, 0) is 58.7 Å². The van der Waals surface area contributed by atoms with E-state index in [2.05, 4.69) is 17.3 Å². The molecule has 3 nitrogen and oxygen atoms in total. The lowest BCUT2D eigenvalue weighted by Gasteiger charge is -2.32. The molecule has 0 aromatic carbocycles.